The predicted molar refractivity (Wildman–Crippen MR) is 206 cm³/mol. The molecule has 0 aliphatic carbocycles. The molecular formula is C37H36N4O10S3. The third kappa shape index (κ3) is 7.66. The van der Waals surface area contributed by atoms with Gasteiger partial charge in [-0.25, -0.2) is 29.9 Å². The van der Waals surface area contributed by atoms with Crippen LogP contribution < -0.4 is 25.4 Å². The zero-order valence-corrected chi connectivity index (χ0v) is 32.4. The van der Waals surface area contributed by atoms with Crippen LogP contribution in [-0.2, 0) is 29.4 Å². The van der Waals surface area contributed by atoms with Crippen molar-refractivity contribution in [3.63, 3.8) is 0 Å². The first-order valence-corrected chi connectivity index (χ1v) is 19.7. The van der Waals surface area contributed by atoms with Gasteiger partial charge in [-0.1, -0.05) is 18.2 Å². The van der Waals surface area contributed by atoms with Crippen molar-refractivity contribution >= 4 is 76.8 Å². The Kier molecular flexibility index (Phi) is 11.3. The van der Waals surface area contributed by atoms with Crippen molar-refractivity contribution in [1.82, 2.24) is 8.61 Å². The highest BCUT2D eigenvalue weighted by molar-refractivity contribution is 7.94. The number of anilines is 4. The SMILES string of the molecule is COc1cc(S(=O)(=O)N(C)C)ccc1Nc1ccc2c(-c3ccccc3SOO[O-])c3ccc(Nc4ccc(S(=O)(=O)N(C)C)cc4OC)cc3[o+]c2c1. The standard InChI is InChI=1S/C37H36N4O10S3/c1-40(2)53(43,44)25-13-17-30(34(21-25)47-5)38-23-11-15-27-32(19-23)49-33-20-24(39-31-18-14-26(22-35(31)48-6)54(45,46)41(3)4)12-16-28(33)37(27)29-9-7-8-10-36(29)52-51-50-42/h7-22,38-39H,1-6H3. The van der Waals surface area contributed by atoms with Gasteiger partial charge in [0.2, 0.25) is 20.0 Å². The summed E-state index contributed by atoms with van der Waals surface area (Å²) in [5, 5.41) is 22.5. The lowest BCUT2D eigenvalue weighted by molar-refractivity contribution is -0.777. The van der Waals surface area contributed by atoms with E-state index in [1.54, 1.807) is 18.2 Å². The van der Waals surface area contributed by atoms with Gasteiger partial charge in [0.15, 0.2) is 0 Å². The van der Waals surface area contributed by atoms with Crippen molar-refractivity contribution in [1.29, 1.82) is 0 Å². The number of fused-ring (bicyclic) bond motifs is 2. The first-order valence-electron chi connectivity index (χ1n) is 16.1. The van der Waals surface area contributed by atoms with E-state index in [9.17, 15) is 22.1 Å². The van der Waals surface area contributed by atoms with Crippen molar-refractivity contribution in [2.75, 3.05) is 53.0 Å². The van der Waals surface area contributed by atoms with Crippen LogP contribution in [-0.4, -0.2) is 67.9 Å². The largest absolute Gasteiger partial charge is 0.691 e. The van der Waals surface area contributed by atoms with E-state index in [4.69, 9.17) is 18.2 Å². The average Bonchev–Trinajstić information content (AvgIpc) is 3.16. The molecule has 0 bridgehead atoms. The van der Waals surface area contributed by atoms with Gasteiger partial charge < -0.3 is 25.4 Å². The number of ether oxygens (including phenoxy) is 2. The number of nitrogens with zero attached hydrogens (tertiary/aromatic N) is 2. The number of methoxy groups -OCH3 is 2. The smallest absolute Gasteiger partial charge is 0.363 e. The van der Waals surface area contributed by atoms with Crippen molar-refractivity contribution < 1.29 is 45.4 Å². The Bertz CT molecular complexity index is 2430. The number of hydrogen-bond donors (Lipinski definition) is 2. The Morgan fingerprint density at radius 3 is 1.57 bits per heavy atom. The fourth-order valence-electron chi connectivity index (χ4n) is 5.74. The number of nitrogens with one attached hydrogen (secondary N) is 2. The minimum atomic E-state index is -3.69. The maximum atomic E-state index is 12.8. The summed E-state index contributed by atoms with van der Waals surface area (Å²) in [7, 11) is 1.37. The minimum Gasteiger partial charge on any atom is -0.691 e. The second-order valence-electron chi connectivity index (χ2n) is 12.2. The van der Waals surface area contributed by atoms with E-state index >= 15 is 0 Å². The molecule has 1 aromatic heterocycles. The first-order chi connectivity index (χ1) is 25.8. The molecule has 0 unspecified atom stereocenters. The van der Waals surface area contributed by atoms with Gasteiger partial charge in [0, 0.05) is 62.2 Å². The Balaban J connectivity index is 1.47. The van der Waals surface area contributed by atoms with Gasteiger partial charge in [-0.3, -0.25) is 5.04 Å². The maximum Gasteiger partial charge on any atom is 0.363 e. The van der Waals surface area contributed by atoms with Gasteiger partial charge in [-0.15, -0.1) is 0 Å². The van der Waals surface area contributed by atoms with Crippen LogP contribution in [0.4, 0.5) is 22.7 Å². The summed E-state index contributed by atoms with van der Waals surface area (Å²) < 4.78 is 75.7. The fourth-order valence-corrected chi connectivity index (χ4v) is 8.07. The van der Waals surface area contributed by atoms with E-state index < -0.39 is 20.0 Å². The average molecular weight is 793 g/mol. The van der Waals surface area contributed by atoms with Gasteiger partial charge in [0.25, 0.3) is 0 Å². The highest BCUT2D eigenvalue weighted by Crippen LogP contribution is 2.43. The molecule has 6 aromatic rings. The summed E-state index contributed by atoms with van der Waals surface area (Å²) in [5.41, 5.74) is 4.79. The van der Waals surface area contributed by atoms with E-state index in [0.717, 1.165) is 42.6 Å². The van der Waals surface area contributed by atoms with E-state index in [2.05, 4.69) is 15.7 Å². The maximum absolute atomic E-state index is 12.8. The molecule has 0 radical (unpaired) electrons. The molecule has 0 amide bonds. The summed E-state index contributed by atoms with van der Waals surface area (Å²) in [6.45, 7) is 0. The zero-order valence-electron chi connectivity index (χ0n) is 29.9. The molecule has 0 atom stereocenters. The zero-order chi connectivity index (χ0) is 38.8. The first kappa shape index (κ1) is 38.7. The van der Waals surface area contributed by atoms with Crippen LogP contribution in [0.5, 0.6) is 11.5 Å². The van der Waals surface area contributed by atoms with Crippen molar-refractivity contribution in [3.05, 3.63) is 97.1 Å². The van der Waals surface area contributed by atoms with Gasteiger partial charge in [0.1, 0.15) is 11.5 Å². The molecule has 0 saturated carbocycles. The molecule has 1 heterocycles. The molecule has 2 N–H and O–H groups in total. The molecule has 0 aliphatic heterocycles. The summed E-state index contributed by atoms with van der Waals surface area (Å²) in [6, 6.07) is 27.6. The Morgan fingerprint density at radius 2 is 1.13 bits per heavy atom. The second-order valence-corrected chi connectivity index (χ2v) is 17.2. The van der Waals surface area contributed by atoms with Gasteiger partial charge >= 0.3 is 11.2 Å². The number of benzene rings is 5. The van der Waals surface area contributed by atoms with Crippen LogP contribution in [0.1, 0.15) is 0 Å². The summed E-state index contributed by atoms with van der Waals surface area (Å²) in [5.74, 6) is 0.637. The van der Waals surface area contributed by atoms with Crippen LogP contribution >= 0.6 is 12.0 Å². The van der Waals surface area contributed by atoms with Crippen molar-refractivity contribution in [2.24, 2.45) is 0 Å². The summed E-state index contributed by atoms with van der Waals surface area (Å²) >= 11 is 0.777. The number of sulfonamides is 2. The van der Waals surface area contributed by atoms with Crippen LogP contribution in [0.25, 0.3) is 33.1 Å². The third-order valence-corrected chi connectivity index (χ3v) is 12.8. The molecule has 0 fully saturated rings. The number of rotatable bonds is 14. The Labute approximate surface area is 317 Å². The van der Waals surface area contributed by atoms with Gasteiger partial charge in [-0.2, -0.15) is 4.33 Å². The molecular weight excluding hydrogens is 757 g/mol. The number of hydrogen-bond acceptors (Lipinski definition) is 12. The van der Waals surface area contributed by atoms with Gasteiger partial charge in [-0.05, 0) is 60.2 Å². The molecule has 0 aliphatic rings. The molecule has 54 heavy (non-hydrogen) atoms. The molecule has 0 saturated heterocycles. The van der Waals surface area contributed by atoms with E-state index in [1.807, 2.05) is 54.6 Å². The molecule has 5 aromatic carbocycles. The monoisotopic (exact) mass is 792 g/mol. The lowest BCUT2D eigenvalue weighted by Crippen LogP contribution is -2.22. The van der Waals surface area contributed by atoms with Crippen molar-refractivity contribution in [3.8, 4) is 22.6 Å². The Hall–Kier alpha value is -4.98. The normalized spacial score (nSPS) is 12.1. The minimum absolute atomic E-state index is 0.0824. The summed E-state index contributed by atoms with van der Waals surface area (Å²) in [4.78, 5) is 0.777. The highest BCUT2D eigenvalue weighted by atomic mass is 32.2. The molecule has 14 nitrogen and oxygen atoms in total. The van der Waals surface area contributed by atoms with Crippen LogP contribution in [0, 0.1) is 0 Å². The van der Waals surface area contributed by atoms with Gasteiger partial charge in [0.05, 0.1) is 70.3 Å². The molecule has 6 rings (SSSR count). The molecule has 0 spiro atoms. The van der Waals surface area contributed by atoms with E-state index in [1.165, 1.54) is 66.7 Å². The predicted octanol–water partition coefficient (Wildman–Crippen LogP) is 6.77. The lowest BCUT2D eigenvalue weighted by atomic mass is 9.96. The van der Waals surface area contributed by atoms with Crippen molar-refractivity contribution in [2.45, 2.75) is 14.7 Å². The molecule has 17 heteroatoms. The third-order valence-electron chi connectivity index (χ3n) is 8.49. The second kappa shape index (κ2) is 15.8. The Morgan fingerprint density at radius 1 is 0.648 bits per heavy atom. The van der Waals surface area contributed by atoms with Crippen LogP contribution in [0.3, 0.4) is 0 Å². The van der Waals surface area contributed by atoms with E-state index in [-0.39, 0.29) is 9.79 Å². The quantitative estimate of drug-likeness (QED) is 0.0390. The highest BCUT2D eigenvalue weighted by Gasteiger charge is 2.25. The topological polar surface area (TPSA) is 170 Å². The van der Waals surface area contributed by atoms with Crippen LogP contribution in [0.2, 0.25) is 0 Å². The molecule has 282 valence electrons. The summed E-state index contributed by atoms with van der Waals surface area (Å²) in [6.07, 6.45) is 0. The fraction of sp³-hybridized carbons (Fsp3) is 0.162. The van der Waals surface area contributed by atoms with Crippen LogP contribution in [0.15, 0.2) is 116 Å². The lowest BCUT2D eigenvalue weighted by Gasteiger charge is -2.16. The van der Waals surface area contributed by atoms with E-state index in [0.29, 0.717) is 50.3 Å².